The second kappa shape index (κ2) is 7.53. The predicted molar refractivity (Wildman–Crippen MR) is 101 cm³/mol. The van der Waals surface area contributed by atoms with Gasteiger partial charge in [0.2, 0.25) is 11.2 Å². The third-order valence-electron chi connectivity index (χ3n) is 3.96. The molecule has 0 radical (unpaired) electrons. The normalized spacial score (nSPS) is 10.9. The summed E-state index contributed by atoms with van der Waals surface area (Å²) < 4.78 is 21.8. The second-order valence-electron chi connectivity index (χ2n) is 6.33. The number of esters is 1. The molecule has 0 unspecified atom stereocenters. The number of benzene rings is 2. The van der Waals surface area contributed by atoms with Gasteiger partial charge in [0.25, 0.3) is 0 Å². The molecule has 0 aliphatic carbocycles. The number of methoxy groups -OCH3 is 1. The van der Waals surface area contributed by atoms with Crippen molar-refractivity contribution in [1.29, 1.82) is 0 Å². The van der Waals surface area contributed by atoms with Crippen molar-refractivity contribution in [2.45, 2.75) is 20.8 Å². The third kappa shape index (κ3) is 3.95. The lowest BCUT2D eigenvalue weighted by Gasteiger charge is -2.10. The van der Waals surface area contributed by atoms with Gasteiger partial charge in [-0.15, -0.1) is 0 Å². The van der Waals surface area contributed by atoms with Crippen LogP contribution in [-0.4, -0.2) is 13.1 Å². The minimum Gasteiger partial charge on any atom is -0.497 e. The van der Waals surface area contributed by atoms with E-state index in [-0.39, 0.29) is 23.1 Å². The van der Waals surface area contributed by atoms with Gasteiger partial charge >= 0.3 is 5.97 Å². The smallest absolute Gasteiger partial charge is 0.313 e. The maximum absolute atomic E-state index is 12.8. The summed E-state index contributed by atoms with van der Waals surface area (Å²) in [5.74, 6) is 1.34. The van der Waals surface area contributed by atoms with E-state index in [1.807, 2.05) is 0 Å². The summed E-state index contributed by atoms with van der Waals surface area (Å²) in [6.07, 6.45) is 0. The molecule has 1 aromatic heterocycles. The molecular weight excluding hydrogens is 348 g/mol. The lowest BCUT2D eigenvalue weighted by molar-refractivity contribution is -0.137. The maximum atomic E-state index is 12.8. The highest BCUT2D eigenvalue weighted by molar-refractivity contribution is 5.81. The van der Waals surface area contributed by atoms with E-state index in [0.717, 1.165) is 0 Å². The molecule has 6 nitrogen and oxygen atoms in total. The quantitative estimate of drug-likeness (QED) is 0.489. The molecule has 0 bridgehead atoms. The largest absolute Gasteiger partial charge is 0.497 e. The topological polar surface area (TPSA) is 75.0 Å². The van der Waals surface area contributed by atoms with Crippen LogP contribution >= 0.6 is 0 Å². The summed E-state index contributed by atoms with van der Waals surface area (Å²) in [7, 11) is 1.57. The SMILES string of the molecule is COc1ccc(Oc2c(C)oc3cc(OC(=O)C(C)C)ccc3c2=O)cc1. The Hall–Kier alpha value is -3.28. The minimum absolute atomic E-state index is 0.111. The standard InChI is InChI=1S/C21H20O6/c1-12(2)21(23)27-16-9-10-17-18(11-16)25-13(3)20(19(17)22)26-15-7-5-14(24-4)6-8-15/h5-12H,1-4H3. The van der Waals surface area contributed by atoms with Gasteiger partial charge in [0.05, 0.1) is 18.4 Å². The van der Waals surface area contributed by atoms with Crippen molar-refractivity contribution in [3.63, 3.8) is 0 Å². The molecule has 3 rings (SSSR count). The number of carbonyl (C=O) groups is 1. The molecule has 0 aliphatic rings. The summed E-state index contributed by atoms with van der Waals surface area (Å²) in [5.41, 5.74) is 0.0277. The summed E-state index contributed by atoms with van der Waals surface area (Å²) in [5, 5.41) is 0.341. The molecule has 0 amide bonds. The van der Waals surface area contributed by atoms with Crippen LogP contribution < -0.4 is 19.6 Å². The molecule has 0 saturated heterocycles. The van der Waals surface area contributed by atoms with Crippen LogP contribution in [0, 0.1) is 12.8 Å². The van der Waals surface area contributed by atoms with E-state index in [1.54, 1.807) is 64.3 Å². The number of ether oxygens (including phenoxy) is 3. The Morgan fingerprint density at radius 2 is 1.63 bits per heavy atom. The Balaban J connectivity index is 1.95. The fourth-order valence-electron chi connectivity index (χ4n) is 2.45. The maximum Gasteiger partial charge on any atom is 0.313 e. The minimum atomic E-state index is -0.354. The average molecular weight is 368 g/mol. The first kappa shape index (κ1) is 18.5. The molecular formula is C21H20O6. The Bertz CT molecular complexity index is 1030. The van der Waals surface area contributed by atoms with Crippen LogP contribution in [0.15, 0.2) is 51.7 Å². The van der Waals surface area contributed by atoms with E-state index in [9.17, 15) is 9.59 Å². The second-order valence-corrected chi connectivity index (χ2v) is 6.33. The number of fused-ring (bicyclic) bond motifs is 1. The Labute approximate surface area is 156 Å². The van der Waals surface area contributed by atoms with Gasteiger partial charge in [-0.1, -0.05) is 13.8 Å². The molecule has 0 fully saturated rings. The van der Waals surface area contributed by atoms with Crippen molar-refractivity contribution in [1.82, 2.24) is 0 Å². The molecule has 0 saturated carbocycles. The fourth-order valence-corrected chi connectivity index (χ4v) is 2.45. The van der Waals surface area contributed by atoms with Gasteiger partial charge in [-0.25, -0.2) is 0 Å². The van der Waals surface area contributed by atoms with Crippen molar-refractivity contribution in [2.24, 2.45) is 5.92 Å². The number of carbonyl (C=O) groups excluding carboxylic acids is 1. The van der Waals surface area contributed by atoms with Crippen LogP contribution in [0.5, 0.6) is 23.0 Å². The van der Waals surface area contributed by atoms with Gasteiger partial charge in [0.1, 0.15) is 28.6 Å². The number of aryl methyl sites for hydroxylation is 1. The molecule has 6 heteroatoms. The van der Waals surface area contributed by atoms with Gasteiger partial charge < -0.3 is 18.6 Å². The third-order valence-corrected chi connectivity index (χ3v) is 3.96. The van der Waals surface area contributed by atoms with Gasteiger partial charge in [-0.05, 0) is 43.3 Å². The molecule has 1 heterocycles. The summed E-state index contributed by atoms with van der Waals surface area (Å²) >= 11 is 0. The van der Waals surface area contributed by atoms with E-state index < -0.39 is 0 Å². The van der Waals surface area contributed by atoms with E-state index in [0.29, 0.717) is 34.0 Å². The number of hydrogen-bond acceptors (Lipinski definition) is 6. The van der Waals surface area contributed by atoms with Gasteiger partial charge in [0, 0.05) is 6.07 Å². The van der Waals surface area contributed by atoms with Crippen molar-refractivity contribution >= 4 is 16.9 Å². The zero-order valence-electron chi connectivity index (χ0n) is 15.6. The number of hydrogen-bond donors (Lipinski definition) is 0. The van der Waals surface area contributed by atoms with Crippen LogP contribution in [0.2, 0.25) is 0 Å². The molecule has 0 N–H and O–H groups in total. The van der Waals surface area contributed by atoms with E-state index in [1.165, 1.54) is 6.07 Å². The molecule has 27 heavy (non-hydrogen) atoms. The molecule has 0 aliphatic heterocycles. The van der Waals surface area contributed by atoms with Crippen molar-refractivity contribution in [2.75, 3.05) is 7.11 Å². The molecule has 2 aromatic carbocycles. The Morgan fingerprint density at radius 1 is 1.00 bits per heavy atom. The summed E-state index contributed by atoms with van der Waals surface area (Å²) in [4.78, 5) is 24.5. The lowest BCUT2D eigenvalue weighted by atomic mass is 10.2. The first-order chi connectivity index (χ1) is 12.9. The van der Waals surface area contributed by atoms with Gasteiger partial charge in [-0.3, -0.25) is 9.59 Å². The van der Waals surface area contributed by atoms with Crippen molar-refractivity contribution in [3.05, 3.63) is 58.4 Å². The van der Waals surface area contributed by atoms with E-state index in [4.69, 9.17) is 18.6 Å². The van der Waals surface area contributed by atoms with Crippen LogP contribution in [0.25, 0.3) is 11.0 Å². The van der Waals surface area contributed by atoms with Crippen LogP contribution in [0.3, 0.4) is 0 Å². The molecule has 0 atom stereocenters. The average Bonchev–Trinajstić information content (AvgIpc) is 2.65. The molecule has 0 spiro atoms. The monoisotopic (exact) mass is 368 g/mol. The van der Waals surface area contributed by atoms with Crippen LogP contribution in [0.4, 0.5) is 0 Å². The van der Waals surface area contributed by atoms with Crippen LogP contribution in [0.1, 0.15) is 19.6 Å². The summed E-state index contributed by atoms with van der Waals surface area (Å²) in [6, 6.07) is 11.5. The zero-order chi connectivity index (χ0) is 19.6. The molecule has 3 aromatic rings. The lowest BCUT2D eigenvalue weighted by Crippen LogP contribution is -2.15. The van der Waals surface area contributed by atoms with Crippen molar-refractivity contribution < 1.29 is 23.4 Å². The highest BCUT2D eigenvalue weighted by atomic mass is 16.5. The highest BCUT2D eigenvalue weighted by Gasteiger charge is 2.16. The molecule has 140 valence electrons. The van der Waals surface area contributed by atoms with Gasteiger partial charge in [-0.2, -0.15) is 0 Å². The fraction of sp³-hybridized carbons (Fsp3) is 0.238. The Morgan fingerprint density at radius 3 is 2.26 bits per heavy atom. The van der Waals surface area contributed by atoms with E-state index >= 15 is 0 Å². The first-order valence-corrected chi connectivity index (χ1v) is 8.50. The van der Waals surface area contributed by atoms with E-state index in [2.05, 4.69) is 0 Å². The highest BCUT2D eigenvalue weighted by Crippen LogP contribution is 2.28. The van der Waals surface area contributed by atoms with Crippen molar-refractivity contribution in [3.8, 4) is 23.0 Å². The predicted octanol–water partition coefficient (Wildman–Crippen LogP) is 4.46. The van der Waals surface area contributed by atoms with Crippen LogP contribution in [-0.2, 0) is 4.79 Å². The van der Waals surface area contributed by atoms with Gasteiger partial charge in [0.15, 0.2) is 0 Å². The zero-order valence-corrected chi connectivity index (χ0v) is 15.6. The first-order valence-electron chi connectivity index (χ1n) is 8.50. The number of rotatable bonds is 5. The summed E-state index contributed by atoms with van der Waals surface area (Å²) in [6.45, 7) is 5.14. The Kier molecular flexibility index (Phi) is 5.16.